The maximum absolute atomic E-state index is 11.1. The lowest BCUT2D eigenvalue weighted by Crippen LogP contribution is -2.01. The first-order valence-electron chi connectivity index (χ1n) is 5.76. The van der Waals surface area contributed by atoms with Crippen LogP contribution in [0.2, 0.25) is 0 Å². The van der Waals surface area contributed by atoms with Crippen LogP contribution in [0, 0.1) is 0 Å². The molecule has 0 aromatic rings. The second-order valence-electron chi connectivity index (χ2n) is 3.40. The van der Waals surface area contributed by atoms with Gasteiger partial charge in [0.25, 0.3) is 0 Å². The molecular weight excluding hydrogens is 208 g/mol. The van der Waals surface area contributed by atoms with Gasteiger partial charge in [0.2, 0.25) is 0 Å². The summed E-state index contributed by atoms with van der Waals surface area (Å²) in [7, 11) is 0. The predicted molar refractivity (Wildman–Crippen MR) is 67.0 cm³/mol. The molecule has 0 amide bonds. The van der Waals surface area contributed by atoms with Gasteiger partial charge in [-0.05, 0) is 24.0 Å². The van der Waals surface area contributed by atoms with Crippen LogP contribution in [0.4, 0.5) is 0 Å². The van der Waals surface area contributed by atoms with Gasteiger partial charge in [0.1, 0.15) is 0 Å². The lowest BCUT2D eigenvalue weighted by Gasteiger charge is -1.99. The third kappa shape index (κ3) is 11.5. The molecule has 0 fully saturated rings. The highest BCUT2D eigenvalue weighted by Gasteiger charge is 1.95. The maximum atomic E-state index is 11.1. The highest BCUT2D eigenvalue weighted by atomic mass is 32.2. The van der Waals surface area contributed by atoms with Crippen molar-refractivity contribution in [3.05, 3.63) is 11.5 Å². The standard InChI is InChI=1S/C12H22O2S/c1-3-5-7-9-14-12(13)8-11-15-10-6-4-2/h8,11H,3-7,9-10H2,1-2H3/b11-8+. The van der Waals surface area contributed by atoms with Crippen molar-refractivity contribution >= 4 is 17.7 Å². The molecule has 0 saturated carbocycles. The molecule has 0 saturated heterocycles. The summed E-state index contributed by atoms with van der Waals surface area (Å²) in [6.07, 6.45) is 7.16. The van der Waals surface area contributed by atoms with Crippen LogP contribution < -0.4 is 0 Å². The number of rotatable bonds is 9. The van der Waals surface area contributed by atoms with Crippen LogP contribution in [-0.2, 0) is 9.53 Å². The van der Waals surface area contributed by atoms with Crippen molar-refractivity contribution < 1.29 is 9.53 Å². The monoisotopic (exact) mass is 230 g/mol. The Morgan fingerprint density at radius 2 is 1.93 bits per heavy atom. The van der Waals surface area contributed by atoms with Crippen molar-refractivity contribution in [2.24, 2.45) is 0 Å². The zero-order chi connectivity index (χ0) is 11.4. The van der Waals surface area contributed by atoms with Gasteiger partial charge in [-0.3, -0.25) is 0 Å². The quantitative estimate of drug-likeness (QED) is 0.343. The van der Waals surface area contributed by atoms with E-state index in [2.05, 4.69) is 13.8 Å². The summed E-state index contributed by atoms with van der Waals surface area (Å²) in [6, 6.07) is 0. The van der Waals surface area contributed by atoms with Gasteiger partial charge in [-0.15, -0.1) is 11.8 Å². The SMILES string of the molecule is CCCCCOC(=O)/C=C/SCCCC. The van der Waals surface area contributed by atoms with Crippen molar-refractivity contribution in [1.82, 2.24) is 0 Å². The van der Waals surface area contributed by atoms with E-state index in [1.807, 2.05) is 5.41 Å². The molecule has 0 aromatic heterocycles. The number of unbranched alkanes of at least 4 members (excludes halogenated alkanes) is 3. The number of carbonyl (C=O) groups excluding carboxylic acids is 1. The van der Waals surface area contributed by atoms with Gasteiger partial charge in [0.05, 0.1) is 6.61 Å². The summed E-state index contributed by atoms with van der Waals surface area (Å²) in [5.41, 5.74) is 0. The Morgan fingerprint density at radius 3 is 2.60 bits per heavy atom. The first kappa shape index (κ1) is 14.6. The molecule has 0 heterocycles. The number of hydrogen-bond acceptors (Lipinski definition) is 3. The van der Waals surface area contributed by atoms with Crippen LogP contribution in [0.25, 0.3) is 0 Å². The lowest BCUT2D eigenvalue weighted by molar-refractivity contribution is -0.137. The molecule has 0 spiro atoms. The maximum Gasteiger partial charge on any atom is 0.331 e. The fourth-order valence-electron chi connectivity index (χ4n) is 0.972. The molecule has 0 aliphatic heterocycles. The van der Waals surface area contributed by atoms with Crippen LogP contribution in [0.3, 0.4) is 0 Å². The summed E-state index contributed by atoms with van der Waals surface area (Å²) < 4.78 is 5.01. The fourth-order valence-corrected chi connectivity index (χ4v) is 1.77. The van der Waals surface area contributed by atoms with Crippen LogP contribution >= 0.6 is 11.8 Å². The zero-order valence-electron chi connectivity index (χ0n) is 9.83. The molecule has 0 rings (SSSR count). The van der Waals surface area contributed by atoms with Crippen molar-refractivity contribution in [2.45, 2.75) is 46.0 Å². The van der Waals surface area contributed by atoms with Gasteiger partial charge in [-0.2, -0.15) is 0 Å². The molecule has 0 aliphatic carbocycles. The smallest absolute Gasteiger partial charge is 0.331 e. The molecular formula is C12H22O2S. The van der Waals surface area contributed by atoms with Crippen molar-refractivity contribution in [3.63, 3.8) is 0 Å². The summed E-state index contributed by atoms with van der Waals surface area (Å²) in [5.74, 6) is 0.867. The van der Waals surface area contributed by atoms with E-state index in [0.29, 0.717) is 6.61 Å². The van der Waals surface area contributed by atoms with E-state index in [1.54, 1.807) is 11.8 Å². The first-order chi connectivity index (χ1) is 7.31. The van der Waals surface area contributed by atoms with Gasteiger partial charge in [0.15, 0.2) is 0 Å². The predicted octanol–water partition coefficient (Wildman–Crippen LogP) is 3.77. The molecule has 0 bridgehead atoms. The van der Waals surface area contributed by atoms with E-state index < -0.39 is 0 Å². The average Bonchev–Trinajstić information content (AvgIpc) is 2.24. The number of carbonyl (C=O) groups is 1. The van der Waals surface area contributed by atoms with Gasteiger partial charge < -0.3 is 4.74 Å². The van der Waals surface area contributed by atoms with E-state index in [0.717, 1.165) is 25.0 Å². The lowest BCUT2D eigenvalue weighted by atomic mass is 10.3. The van der Waals surface area contributed by atoms with Gasteiger partial charge in [-0.1, -0.05) is 33.1 Å². The molecule has 0 unspecified atom stereocenters. The van der Waals surface area contributed by atoms with Crippen molar-refractivity contribution in [1.29, 1.82) is 0 Å². The molecule has 0 aliphatic rings. The van der Waals surface area contributed by atoms with E-state index in [1.165, 1.54) is 18.9 Å². The summed E-state index contributed by atoms with van der Waals surface area (Å²) in [5, 5.41) is 1.83. The van der Waals surface area contributed by atoms with E-state index in [9.17, 15) is 4.79 Å². The van der Waals surface area contributed by atoms with Crippen LogP contribution in [-0.4, -0.2) is 18.3 Å². The Balaban J connectivity index is 3.31. The Morgan fingerprint density at radius 1 is 1.20 bits per heavy atom. The Hall–Kier alpha value is -0.440. The van der Waals surface area contributed by atoms with Crippen LogP contribution in [0.5, 0.6) is 0 Å². The first-order valence-corrected chi connectivity index (χ1v) is 6.81. The third-order valence-electron chi connectivity index (χ3n) is 1.91. The number of hydrogen-bond donors (Lipinski definition) is 0. The van der Waals surface area contributed by atoms with Gasteiger partial charge in [-0.25, -0.2) is 4.79 Å². The van der Waals surface area contributed by atoms with Crippen molar-refractivity contribution in [3.8, 4) is 0 Å². The molecule has 0 radical (unpaired) electrons. The molecule has 3 heteroatoms. The molecule has 88 valence electrons. The minimum atomic E-state index is -0.213. The second kappa shape index (κ2) is 11.6. The minimum absolute atomic E-state index is 0.213. The average molecular weight is 230 g/mol. The molecule has 0 atom stereocenters. The van der Waals surface area contributed by atoms with Gasteiger partial charge in [0, 0.05) is 6.08 Å². The van der Waals surface area contributed by atoms with E-state index >= 15 is 0 Å². The van der Waals surface area contributed by atoms with Crippen LogP contribution in [0.1, 0.15) is 46.0 Å². The Bertz CT molecular complexity index is 178. The fraction of sp³-hybridized carbons (Fsp3) is 0.750. The number of esters is 1. The highest BCUT2D eigenvalue weighted by molar-refractivity contribution is 8.02. The Kier molecular flexibility index (Phi) is 11.3. The van der Waals surface area contributed by atoms with Crippen LogP contribution in [0.15, 0.2) is 11.5 Å². The molecule has 0 N–H and O–H groups in total. The molecule has 2 nitrogen and oxygen atoms in total. The zero-order valence-corrected chi connectivity index (χ0v) is 10.6. The van der Waals surface area contributed by atoms with E-state index in [4.69, 9.17) is 4.74 Å². The molecule has 15 heavy (non-hydrogen) atoms. The van der Waals surface area contributed by atoms with Gasteiger partial charge >= 0.3 is 5.97 Å². The minimum Gasteiger partial charge on any atom is -0.463 e. The highest BCUT2D eigenvalue weighted by Crippen LogP contribution is 2.05. The summed E-state index contributed by atoms with van der Waals surface area (Å²) in [4.78, 5) is 11.1. The Labute approximate surface area is 97.5 Å². The van der Waals surface area contributed by atoms with E-state index in [-0.39, 0.29) is 5.97 Å². The topological polar surface area (TPSA) is 26.3 Å². The third-order valence-corrected chi connectivity index (χ3v) is 2.76. The van der Waals surface area contributed by atoms with Crippen molar-refractivity contribution in [2.75, 3.05) is 12.4 Å². The number of ether oxygens (including phenoxy) is 1. The summed E-state index contributed by atoms with van der Waals surface area (Å²) >= 11 is 1.67. The normalized spacial score (nSPS) is 10.8. The number of thioether (sulfide) groups is 1. The largest absolute Gasteiger partial charge is 0.463 e. The summed E-state index contributed by atoms with van der Waals surface area (Å²) in [6.45, 7) is 4.84. The second-order valence-corrected chi connectivity index (χ2v) is 4.42. The molecule has 0 aromatic carbocycles.